The molecule has 1 fully saturated rings. The van der Waals surface area contributed by atoms with Crippen molar-refractivity contribution in [1.82, 2.24) is 4.90 Å². The van der Waals surface area contributed by atoms with Gasteiger partial charge in [0.25, 0.3) is 0 Å². The van der Waals surface area contributed by atoms with E-state index in [2.05, 4.69) is 0 Å². The van der Waals surface area contributed by atoms with Gasteiger partial charge in [-0.15, -0.1) is 11.3 Å². The van der Waals surface area contributed by atoms with E-state index in [4.69, 9.17) is 10.5 Å². The van der Waals surface area contributed by atoms with E-state index >= 15 is 0 Å². The zero-order valence-corrected chi connectivity index (χ0v) is 15.0. The molecule has 0 aliphatic carbocycles. The predicted molar refractivity (Wildman–Crippen MR) is 97.4 cm³/mol. The van der Waals surface area contributed by atoms with Gasteiger partial charge in [0, 0.05) is 23.0 Å². The average molecular weight is 344 g/mol. The molecule has 0 bridgehead atoms. The number of rotatable bonds is 4. The third-order valence-corrected chi connectivity index (χ3v) is 5.81. The van der Waals surface area contributed by atoms with E-state index in [1.54, 1.807) is 18.4 Å². The Balaban J connectivity index is 1.94. The van der Waals surface area contributed by atoms with Gasteiger partial charge in [0.2, 0.25) is 5.91 Å². The van der Waals surface area contributed by atoms with Gasteiger partial charge in [0.1, 0.15) is 5.75 Å². The Morgan fingerprint density at radius 2 is 2.12 bits per heavy atom. The summed E-state index contributed by atoms with van der Waals surface area (Å²) in [5.74, 6) is 0.789. The highest BCUT2D eigenvalue weighted by molar-refractivity contribution is 7.10. The minimum atomic E-state index is -0.146. The highest BCUT2D eigenvalue weighted by Gasteiger charge is 2.37. The molecule has 0 unspecified atom stereocenters. The number of benzene rings is 1. The second-order valence-corrected chi connectivity index (χ2v) is 7.24. The molecule has 4 nitrogen and oxygen atoms in total. The predicted octanol–water partition coefficient (Wildman–Crippen LogP) is 3.55. The van der Waals surface area contributed by atoms with Crippen LogP contribution in [0.3, 0.4) is 0 Å². The molecule has 1 aliphatic rings. The minimum Gasteiger partial charge on any atom is -0.496 e. The first-order valence-electron chi connectivity index (χ1n) is 8.36. The van der Waals surface area contributed by atoms with Gasteiger partial charge in [0.05, 0.1) is 19.1 Å². The van der Waals surface area contributed by atoms with E-state index in [0.717, 1.165) is 35.6 Å². The van der Waals surface area contributed by atoms with Crippen molar-refractivity contribution < 1.29 is 9.53 Å². The normalized spacial score (nSPS) is 22.2. The van der Waals surface area contributed by atoms with Crippen molar-refractivity contribution in [2.24, 2.45) is 5.73 Å². The fraction of sp³-hybridized carbons (Fsp3) is 0.421. The second kappa shape index (κ2) is 7.36. The molecular formula is C19H24N2O2S. The monoisotopic (exact) mass is 344 g/mol. The van der Waals surface area contributed by atoms with Crippen molar-refractivity contribution in [1.29, 1.82) is 0 Å². The molecule has 2 N–H and O–H groups in total. The Morgan fingerprint density at radius 3 is 2.83 bits per heavy atom. The van der Waals surface area contributed by atoms with Gasteiger partial charge in [-0.3, -0.25) is 4.79 Å². The largest absolute Gasteiger partial charge is 0.496 e. The SMILES string of the molecule is COc1ccccc1[C@H]1[C@@H](N)CCCN1C(=O)[C@H](C)c1cccs1. The summed E-state index contributed by atoms with van der Waals surface area (Å²) in [6.45, 7) is 2.72. The third kappa shape index (κ3) is 3.19. The summed E-state index contributed by atoms with van der Waals surface area (Å²) < 4.78 is 5.52. The summed E-state index contributed by atoms with van der Waals surface area (Å²) in [6.07, 6.45) is 1.86. The number of methoxy groups -OCH3 is 1. The van der Waals surface area contributed by atoms with Crippen LogP contribution in [-0.2, 0) is 4.79 Å². The highest BCUT2D eigenvalue weighted by Crippen LogP contribution is 2.37. The van der Waals surface area contributed by atoms with Crippen LogP contribution in [0.1, 0.15) is 42.2 Å². The molecule has 0 radical (unpaired) electrons. The number of piperidine rings is 1. The smallest absolute Gasteiger partial charge is 0.231 e. The van der Waals surface area contributed by atoms with Crippen molar-refractivity contribution in [2.75, 3.05) is 13.7 Å². The summed E-state index contributed by atoms with van der Waals surface area (Å²) >= 11 is 1.63. The van der Waals surface area contributed by atoms with Gasteiger partial charge in [0.15, 0.2) is 0 Å². The van der Waals surface area contributed by atoms with E-state index in [0.29, 0.717) is 0 Å². The van der Waals surface area contributed by atoms with Crippen LogP contribution in [0, 0.1) is 0 Å². The number of likely N-dealkylation sites (tertiary alicyclic amines) is 1. The molecule has 1 saturated heterocycles. The Bertz CT molecular complexity index is 686. The summed E-state index contributed by atoms with van der Waals surface area (Å²) in [7, 11) is 1.66. The maximum absolute atomic E-state index is 13.2. The van der Waals surface area contributed by atoms with Crippen LogP contribution in [0.15, 0.2) is 41.8 Å². The number of carbonyl (C=O) groups is 1. The number of nitrogens with zero attached hydrogens (tertiary/aromatic N) is 1. The zero-order valence-electron chi connectivity index (χ0n) is 14.1. The van der Waals surface area contributed by atoms with Gasteiger partial charge < -0.3 is 15.4 Å². The quantitative estimate of drug-likeness (QED) is 0.923. The van der Waals surface area contributed by atoms with Crippen molar-refractivity contribution in [2.45, 2.75) is 37.8 Å². The summed E-state index contributed by atoms with van der Waals surface area (Å²) in [5.41, 5.74) is 7.43. The molecule has 24 heavy (non-hydrogen) atoms. The van der Waals surface area contributed by atoms with Gasteiger partial charge >= 0.3 is 0 Å². The lowest BCUT2D eigenvalue weighted by atomic mass is 9.89. The minimum absolute atomic E-state index is 0.0745. The first kappa shape index (κ1) is 17.0. The van der Waals surface area contributed by atoms with Gasteiger partial charge in [-0.2, -0.15) is 0 Å². The second-order valence-electron chi connectivity index (χ2n) is 6.26. The molecule has 0 spiro atoms. The molecule has 3 rings (SSSR count). The Labute approximate surface area is 147 Å². The van der Waals surface area contributed by atoms with Crippen LogP contribution in [0.25, 0.3) is 0 Å². The fourth-order valence-corrected chi connectivity index (χ4v) is 4.27. The molecule has 5 heteroatoms. The van der Waals surface area contributed by atoms with Crippen LogP contribution < -0.4 is 10.5 Å². The van der Waals surface area contributed by atoms with E-state index in [-0.39, 0.29) is 23.9 Å². The summed E-state index contributed by atoms with van der Waals surface area (Å²) in [5, 5.41) is 2.01. The van der Waals surface area contributed by atoms with Crippen LogP contribution in [0.5, 0.6) is 5.75 Å². The number of amides is 1. The van der Waals surface area contributed by atoms with Crippen LogP contribution in [-0.4, -0.2) is 30.5 Å². The van der Waals surface area contributed by atoms with E-state index in [9.17, 15) is 4.79 Å². The lowest BCUT2D eigenvalue weighted by Gasteiger charge is -2.41. The van der Waals surface area contributed by atoms with Gasteiger partial charge in [-0.25, -0.2) is 0 Å². The number of hydrogen-bond donors (Lipinski definition) is 1. The number of nitrogens with two attached hydrogens (primary N) is 1. The van der Waals surface area contributed by atoms with Crippen molar-refractivity contribution in [3.05, 3.63) is 52.2 Å². The van der Waals surface area contributed by atoms with E-state index in [1.807, 2.05) is 53.6 Å². The van der Waals surface area contributed by atoms with E-state index < -0.39 is 0 Å². The molecule has 1 aromatic heterocycles. The molecule has 1 aromatic carbocycles. The number of carbonyl (C=O) groups excluding carboxylic acids is 1. The summed E-state index contributed by atoms with van der Waals surface area (Å²) in [6, 6.07) is 11.7. The van der Waals surface area contributed by atoms with Gasteiger partial charge in [-0.1, -0.05) is 24.3 Å². The molecule has 128 valence electrons. The molecule has 2 aromatic rings. The topological polar surface area (TPSA) is 55.6 Å². The van der Waals surface area contributed by atoms with Crippen molar-refractivity contribution in [3.63, 3.8) is 0 Å². The molecule has 3 atom stereocenters. The Morgan fingerprint density at radius 1 is 1.33 bits per heavy atom. The number of thiophene rings is 1. The lowest BCUT2D eigenvalue weighted by Crippen LogP contribution is -2.49. The standard InChI is InChI=1S/C19H24N2O2S/c1-13(17-10-6-12-24-17)19(22)21-11-5-8-15(20)18(21)14-7-3-4-9-16(14)23-2/h3-4,6-7,9-10,12-13,15,18H,5,8,11,20H2,1-2H3/t13-,15+,18+/m1/s1. The molecule has 2 heterocycles. The van der Waals surface area contributed by atoms with Crippen molar-refractivity contribution in [3.8, 4) is 5.75 Å². The maximum Gasteiger partial charge on any atom is 0.231 e. The molecular weight excluding hydrogens is 320 g/mol. The van der Waals surface area contributed by atoms with Crippen LogP contribution >= 0.6 is 11.3 Å². The van der Waals surface area contributed by atoms with Gasteiger partial charge in [-0.05, 0) is 37.3 Å². The van der Waals surface area contributed by atoms with Crippen LogP contribution in [0.4, 0.5) is 0 Å². The molecule has 1 aliphatic heterocycles. The third-order valence-electron chi connectivity index (χ3n) is 4.76. The lowest BCUT2D eigenvalue weighted by molar-refractivity contribution is -0.136. The van der Waals surface area contributed by atoms with Crippen LogP contribution in [0.2, 0.25) is 0 Å². The van der Waals surface area contributed by atoms with Crippen molar-refractivity contribution >= 4 is 17.2 Å². The summed E-state index contributed by atoms with van der Waals surface area (Å²) in [4.78, 5) is 16.2. The number of ether oxygens (including phenoxy) is 1. The highest BCUT2D eigenvalue weighted by atomic mass is 32.1. The average Bonchev–Trinajstić information content (AvgIpc) is 3.15. The fourth-order valence-electron chi connectivity index (χ4n) is 3.49. The first-order chi connectivity index (χ1) is 11.6. The first-order valence-corrected chi connectivity index (χ1v) is 9.23. The maximum atomic E-state index is 13.2. The molecule has 0 saturated carbocycles. The Hall–Kier alpha value is -1.85. The molecule has 1 amide bonds. The van der Waals surface area contributed by atoms with E-state index in [1.165, 1.54) is 0 Å². The zero-order chi connectivity index (χ0) is 17.1. The number of hydrogen-bond acceptors (Lipinski definition) is 4. The Kier molecular flexibility index (Phi) is 5.21. The number of para-hydroxylation sites is 1.